The van der Waals surface area contributed by atoms with E-state index in [1.807, 2.05) is 0 Å². The van der Waals surface area contributed by atoms with Gasteiger partial charge >= 0.3 is 0 Å². The summed E-state index contributed by atoms with van der Waals surface area (Å²) in [5.41, 5.74) is 1.65. The molecule has 11 heteroatoms. The predicted octanol–water partition coefficient (Wildman–Crippen LogP) is 3.29. The Hall–Kier alpha value is -3.99. The van der Waals surface area contributed by atoms with Gasteiger partial charge in [0.15, 0.2) is 5.75 Å². The molecule has 36 heavy (non-hydrogen) atoms. The third kappa shape index (κ3) is 4.26. The van der Waals surface area contributed by atoms with E-state index >= 15 is 0 Å². The van der Waals surface area contributed by atoms with Crippen molar-refractivity contribution in [1.29, 1.82) is 0 Å². The molecule has 0 unspecified atom stereocenters. The number of benzene rings is 2. The lowest BCUT2D eigenvalue weighted by atomic mass is 10.0. The highest BCUT2D eigenvalue weighted by Gasteiger charge is 2.37. The van der Waals surface area contributed by atoms with Crippen LogP contribution in [0.25, 0.3) is 10.9 Å². The van der Waals surface area contributed by atoms with Crippen LogP contribution < -0.4 is 4.31 Å². The number of sulfonamides is 1. The highest BCUT2D eigenvalue weighted by Crippen LogP contribution is 2.44. The van der Waals surface area contributed by atoms with Gasteiger partial charge in [-0.1, -0.05) is 12.1 Å². The molecule has 0 saturated carbocycles. The molecule has 4 aromatic rings. The van der Waals surface area contributed by atoms with Gasteiger partial charge in [-0.15, -0.1) is 0 Å². The number of fused-ring (bicyclic) bond motifs is 2. The van der Waals surface area contributed by atoms with Crippen molar-refractivity contribution in [2.75, 3.05) is 17.1 Å². The molecule has 3 heterocycles. The van der Waals surface area contributed by atoms with Crippen LogP contribution in [0, 0.1) is 5.82 Å². The Morgan fingerprint density at radius 2 is 1.94 bits per heavy atom. The average Bonchev–Trinajstić information content (AvgIpc) is 3.49. The summed E-state index contributed by atoms with van der Waals surface area (Å²) in [7, 11) is -2.32. The van der Waals surface area contributed by atoms with Crippen molar-refractivity contribution >= 4 is 32.5 Å². The van der Waals surface area contributed by atoms with Gasteiger partial charge in [-0.3, -0.25) is 14.1 Å². The minimum Gasteiger partial charge on any atom is -0.505 e. The van der Waals surface area contributed by atoms with Gasteiger partial charge in [0.1, 0.15) is 11.3 Å². The molecular weight excluding hydrogens is 485 g/mol. The normalized spacial score (nSPS) is 13.4. The molecule has 9 nitrogen and oxygen atoms in total. The van der Waals surface area contributed by atoms with Gasteiger partial charge in [0.2, 0.25) is 10.0 Å². The molecule has 0 atom stereocenters. The Morgan fingerprint density at radius 1 is 1.17 bits per heavy atom. The van der Waals surface area contributed by atoms with Crippen LogP contribution >= 0.6 is 0 Å². The van der Waals surface area contributed by atoms with Crippen LogP contribution in [0.5, 0.6) is 5.75 Å². The van der Waals surface area contributed by atoms with E-state index < -0.39 is 15.9 Å². The number of aromatic hydroxyl groups is 1. The van der Waals surface area contributed by atoms with Crippen molar-refractivity contribution < 1.29 is 22.7 Å². The predicted molar refractivity (Wildman–Crippen MR) is 132 cm³/mol. The number of aryl methyl sites for hydroxylation is 1. The van der Waals surface area contributed by atoms with Crippen molar-refractivity contribution in [3.63, 3.8) is 0 Å². The van der Waals surface area contributed by atoms with Crippen molar-refractivity contribution in [3.05, 3.63) is 83.8 Å². The number of nitrogens with zero attached hydrogens (tertiary/aromatic N) is 5. The minimum atomic E-state index is -3.77. The fraction of sp³-hybridized carbons (Fsp3) is 0.240. The highest BCUT2D eigenvalue weighted by molar-refractivity contribution is 7.92. The number of aromatic nitrogens is 3. The fourth-order valence-corrected chi connectivity index (χ4v) is 5.81. The highest BCUT2D eigenvalue weighted by atomic mass is 32.2. The zero-order valence-corrected chi connectivity index (χ0v) is 20.3. The number of anilines is 1. The minimum absolute atomic E-state index is 0.0405. The third-order valence-corrected chi connectivity index (χ3v) is 8.18. The first-order valence-corrected chi connectivity index (χ1v) is 13.0. The number of carbonyl (C=O) groups is 1. The smallest absolute Gasteiger partial charge is 0.258 e. The largest absolute Gasteiger partial charge is 0.505 e. The molecule has 2 aromatic heterocycles. The lowest BCUT2D eigenvalue weighted by Gasteiger charge is -2.24. The number of amides is 1. The summed E-state index contributed by atoms with van der Waals surface area (Å²) in [4.78, 5) is 23.1. The number of phenols is 1. The fourth-order valence-electron chi connectivity index (χ4n) is 4.55. The van der Waals surface area contributed by atoms with Crippen LogP contribution in [0.1, 0.15) is 27.9 Å². The summed E-state index contributed by atoms with van der Waals surface area (Å²) < 4.78 is 43.1. The standard InChI is InChI=1S/C25H24FN5O4S/c1-29(36(34,35)13-3-11-30-12-10-27-16-30)23-19-4-2-9-28-22(19)24(32)21-20(23)15-31(25(21)33)14-17-5-7-18(26)8-6-17/h2,4-10,12,16,32H,3,11,13-15H2,1H3. The number of pyridine rings is 1. The van der Waals surface area contributed by atoms with E-state index in [2.05, 4.69) is 9.97 Å². The number of halogens is 1. The Bertz CT molecular complexity index is 1540. The van der Waals surface area contributed by atoms with E-state index in [4.69, 9.17) is 0 Å². The molecule has 186 valence electrons. The first kappa shape index (κ1) is 23.7. The SMILES string of the molecule is CN(c1c2c(c(O)c3ncccc13)C(=O)N(Cc1ccc(F)cc1)C2)S(=O)(=O)CCCn1ccnc1. The average molecular weight is 510 g/mol. The number of carbonyl (C=O) groups excluding carboxylic acids is 1. The molecule has 0 fully saturated rings. The second-order valence-electron chi connectivity index (χ2n) is 8.68. The molecule has 1 aliphatic heterocycles. The van der Waals surface area contributed by atoms with Gasteiger partial charge in [0, 0.05) is 56.2 Å². The Kier molecular flexibility index (Phi) is 6.09. The number of phenolic OH excluding ortho intramolecular Hbond substituents is 1. The van der Waals surface area contributed by atoms with E-state index in [1.54, 1.807) is 47.6 Å². The van der Waals surface area contributed by atoms with Crippen molar-refractivity contribution in [1.82, 2.24) is 19.4 Å². The van der Waals surface area contributed by atoms with Crippen molar-refractivity contribution in [3.8, 4) is 5.75 Å². The Balaban J connectivity index is 1.52. The topological polar surface area (TPSA) is 109 Å². The maximum atomic E-state index is 13.4. The molecular formula is C25H24FN5O4S. The van der Waals surface area contributed by atoms with Crippen LogP contribution in [-0.4, -0.2) is 51.7 Å². The first-order chi connectivity index (χ1) is 17.3. The van der Waals surface area contributed by atoms with Gasteiger partial charge in [-0.2, -0.15) is 0 Å². The second-order valence-corrected chi connectivity index (χ2v) is 10.8. The summed E-state index contributed by atoms with van der Waals surface area (Å²) in [6.45, 7) is 0.763. The van der Waals surface area contributed by atoms with Crippen LogP contribution in [0.15, 0.2) is 61.3 Å². The van der Waals surface area contributed by atoms with Crippen LogP contribution in [0.4, 0.5) is 10.1 Å². The van der Waals surface area contributed by atoms with E-state index in [9.17, 15) is 22.7 Å². The number of hydrogen-bond donors (Lipinski definition) is 1. The van der Waals surface area contributed by atoms with Gasteiger partial charge in [-0.05, 0) is 36.2 Å². The first-order valence-electron chi connectivity index (χ1n) is 11.3. The molecule has 5 rings (SSSR count). The molecule has 0 saturated heterocycles. The maximum absolute atomic E-state index is 13.4. The van der Waals surface area contributed by atoms with E-state index in [0.29, 0.717) is 35.2 Å². The summed E-state index contributed by atoms with van der Waals surface area (Å²) in [6.07, 6.45) is 6.88. The van der Waals surface area contributed by atoms with Gasteiger partial charge < -0.3 is 14.6 Å². The van der Waals surface area contributed by atoms with Gasteiger partial charge in [0.25, 0.3) is 5.91 Å². The van der Waals surface area contributed by atoms with Crippen molar-refractivity contribution in [2.45, 2.75) is 26.1 Å². The zero-order valence-electron chi connectivity index (χ0n) is 19.5. The lowest BCUT2D eigenvalue weighted by Crippen LogP contribution is -2.30. The molecule has 0 radical (unpaired) electrons. The molecule has 1 amide bonds. The summed E-state index contributed by atoms with van der Waals surface area (Å²) in [6, 6.07) is 9.14. The van der Waals surface area contributed by atoms with Crippen molar-refractivity contribution in [2.24, 2.45) is 0 Å². The molecule has 2 aromatic carbocycles. The number of imidazole rings is 1. The number of hydrogen-bond acceptors (Lipinski definition) is 6. The van der Waals surface area contributed by atoms with E-state index in [-0.39, 0.29) is 41.5 Å². The quantitative estimate of drug-likeness (QED) is 0.391. The summed E-state index contributed by atoms with van der Waals surface area (Å²) in [5, 5.41) is 11.4. The molecule has 0 aliphatic carbocycles. The van der Waals surface area contributed by atoms with E-state index in [1.165, 1.54) is 34.6 Å². The summed E-state index contributed by atoms with van der Waals surface area (Å²) >= 11 is 0. The third-order valence-electron chi connectivity index (χ3n) is 6.36. The zero-order chi connectivity index (χ0) is 25.4. The molecule has 1 N–H and O–H groups in total. The Labute approximate surface area is 207 Å². The van der Waals surface area contributed by atoms with Crippen LogP contribution in [0.3, 0.4) is 0 Å². The summed E-state index contributed by atoms with van der Waals surface area (Å²) in [5.74, 6) is -1.22. The van der Waals surface area contributed by atoms with Gasteiger partial charge in [-0.25, -0.2) is 17.8 Å². The number of rotatable bonds is 8. The monoisotopic (exact) mass is 509 g/mol. The molecule has 0 bridgehead atoms. The second kappa shape index (κ2) is 9.23. The van der Waals surface area contributed by atoms with Gasteiger partial charge in [0.05, 0.1) is 23.3 Å². The molecule has 0 spiro atoms. The van der Waals surface area contributed by atoms with Crippen LogP contribution in [0.2, 0.25) is 0 Å². The van der Waals surface area contributed by atoms with Crippen LogP contribution in [-0.2, 0) is 29.7 Å². The lowest BCUT2D eigenvalue weighted by molar-refractivity contribution is 0.0764. The Morgan fingerprint density at radius 3 is 2.67 bits per heavy atom. The molecule has 1 aliphatic rings. The van der Waals surface area contributed by atoms with E-state index in [0.717, 1.165) is 0 Å². The maximum Gasteiger partial charge on any atom is 0.258 e.